The molecule has 6 rings (SSSR count). The first kappa shape index (κ1) is 26.6. The van der Waals surface area contributed by atoms with Crippen LogP contribution >= 0.6 is 0 Å². The summed E-state index contributed by atoms with van der Waals surface area (Å²) in [5.74, 6) is 0.401. The number of halogens is 1. The van der Waals surface area contributed by atoms with Crippen molar-refractivity contribution in [2.45, 2.75) is 25.3 Å². The van der Waals surface area contributed by atoms with E-state index in [4.69, 9.17) is 10.2 Å². The van der Waals surface area contributed by atoms with Gasteiger partial charge in [-0.05, 0) is 44.2 Å². The van der Waals surface area contributed by atoms with Crippen LogP contribution in [0.15, 0.2) is 48.9 Å². The summed E-state index contributed by atoms with van der Waals surface area (Å²) in [6, 6.07) is 11.0. The van der Waals surface area contributed by atoms with Gasteiger partial charge in [0.05, 0.1) is 23.3 Å². The van der Waals surface area contributed by atoms with E-state index in [9.17, 15) is 4.79 Å². The summed E-state index contributed by atoms with van der Waals surface area (Å²) in [7, 11) is 2.10. The molecule has 0 unspecified atom stereocenters. The molecule has 6 heterocycles. The Hall–Kier alpha value is -4.63. The summed E-state index contributed by atoms with van der Waals surface area (Å²) in [6.45, 7) is 4.47. The molecule has 11 nitrogen and oxygen atoms in total. The number of fused-ring (bicyclic) bond motifs is 1. The number of aromatic nitrogens is 5. The Balaban J connectivity index is 1.39. The number of piperazine rings is 1. The second-order valence-corrected chi connectivity index (χ2v) is 10.5. The molecule has 2 saturated heterocycles. The molecular formula is C29H31FN10O. The van der Waals surface area contributed by atoms with E-state index in [0.717, 1.165) is 50.4 Å². The molecule has 0 radical (unpaired) electrons. The second kappa shape index (κ2) is 11.5. The number of rotatable bonds is 6. The summed E-state index contributed by atoms with van der Waals surface area (Å²) in [5.41, 5.74) is 2.25. The highest BCUT2D eigenvalue weighted by Crippen LogP contribution is 2.32. The highest BCUT2D eigenvalue weighted by atomic mass is 19.1. The van der Waals surface area contributed by atoms with Gasteiger partial charge in [0.2, 0.25) is 5.91 Å². The minimum atomic E-state index is -0.568. The van der Waals surface area contributed by atoms with E-state index in [-0.39, 0.29) is 29.9 Å². The van der Waals surface area contributed by atoms with E-state index < -0.39 is 5.82 Å². The van der Waals surface area contributed by atoms with Crippen LogP contribution in [0.2, 0.25) is 0 Å². The molecule has 4 aromatic heterocycles. The van der Waals surface area contributed by atoms with Crippen molar-refractivity contribution in [1.82, 2.24) is 34.4 Å². The average molecular weight is 555 g/mol. The number of amides is 1. The van der Waals surface area contributed by atoms with Crippen LogP contribution in [-0.4, -0.2) is 92.6 Å². The van der Waals surface area contributed by atoms with Crippen LogP contribution in [0, 0.1) is 17.1 Å². The van der Waals surface area contributed by atoms with E-state index >= 15 is 4.39 Å². The fraction of sp³-hybridized carbons (Fsp3) is 0.379. The topological polar surface area (TPSA) is 119 Å². The largest absolute Gasteiger partial charge is 0.363 e. The maximum absolute atomic E-state index is 16.3. The zero-order valence-corrected chi connectivity index (χ0v) is 22.9. The Labute approximate surface area is 237 Å². The van der Waals surface area contributed by atoms with Crippen LogP contribution in [0.4, 0.5) is 16.0 Å². The quantitative estimate of drug-likeness (QED) is 0.384. The van der Waals surface area contributed by atoms with Crippen LogP contribution in [0.25, 0.3) is 28.2 Å². The molecule has 2 aliphatic rings. The number of nitriles is 1. The lowest BCUT2D eigenvalue weighted by molar-refractivity contribution is -0.131. The summed E-state index contributed by atoms with van der Waals surface area (Å²) in [4.78, 5) is 32.4. The molecule has 1 N–H and O–H groups in total. The average Bonchev–Trinajstić information content (AvgIpc) is 3.43. The van der Waals surface area contributed by atoms with Crippen LogP contribution in [0.5, 0.6) is 0 Å². The monoisotopic (exact) mass is 554 g/mol. The zero-order chi connectivity index (χ0) is 28.3. The van der Waals surface area contributed by atoms with Crippen molar-refractivity contribution >= 4 is 23.1 Å². The molecule has 0 saturated carbocycles. The molecule has 0 spiro atoms. The minimum Gasteiger partial charge on any atom is -0.363 e. The highest BCUT2D eigenvalue weighted by Gasteiger charge is 2.27. The SMILES string of the molecule is CN1CCN(c2cc(-c3nc(-c4cnn5ccccc45)nc(N[C@@H]4CCCN(C(=O)CC#N)C4)c3F)ccn2)CC1. The van der Waals surface area contributed by atoms with Gasteiger partial charge in [-0.25, -0.2) is 23.9 Å². The molecule has 0 aliphatic carbocycles. The summed E-state index contributed by atoms with van der Waals surface area (Å²) >= 11 is 0. The third kappa shape index (κ3) is 5.53. The maximum Gasteiger partial charge on any atom is 0.236 e. The van der Waals surface area contributed by atoms with Crippen molar-refractivity contribution in [2.75, 3.05) is 56.5 Å². The van der Waals surface area contributed by atoms with Gasteiger partial charge in [-0.15, -0.1) is 0 Å². The van der Waals surface area contributed by atoms with Crippen molar-refractivity contribution in [3.8, 4) is 28.7 Å². The van der Waals surface area contributed by atoms with Crippen molar-refractivity contribution in [3.63, 3.8) is 0 Å². The van der Waals surface area contributed by atoms with Crippen molar-refractivity contribution in [3.05, 3.63) is 54.7 Å². The molecule has 4 aromatic rings. The summed E-state index contributed by atoms with van der Waals surface area (Å²) in [6.07, 6.45) is 6.52. The van der Waals surface area contributed by atoms with Crippen LogP contribution in [0.1, 0.15) is 19.3 Å². The van der Waals surface area contributed by atoms with Gasteiger partial charge in [-0.2, -0.15) is 10.4 Å². The number of pyridine rings is 2. The van der Waals surface area contributed by atoms with Gasteiger partial charge in [-0.1, -0.05) is 6.07 Å². The van der Waals surface area contributed by atoms with Crippen LogP contribution < -0.4 is 10.2 Å². The molecule has 2 fully saturated rings. The van der Waals surface area contributed by atoms with E-state index in [1.807, 2.05) is 36.5 Å². The molecule has 1 amide bonds. The Morgan fingerprint density at radius 1 is 1.17 bits per heavy atom. The van der Waals surface area contributed by atoms with E-state index in [1.54, 1.807) is 27.9 Å². The predicted molar refractivity (Wildman–Crippen MR) is 153 cm³/mol. The lowest BCUT2D eigenvalue weighted by Gasteiger charge is -2.33. The number of nitrogens with one attached hydrogen (secondary N) is 1. The number of likely N-dealkylation sites (tertiary alicyclic amines) is 1. The molecule has 210 valence electrons. The van der Waals surface area contributed by atoms with Gasteiger partial charge in [0.1, 0.15) is 17.9 Å². The van der Waals surface area contributed by atoms with E-state index in [0.29, 0.717) is 30.0 Å². The normalized spacial score (nSPS) is 17.9. The van der Waals surface area contributed by atoms with E-state index in [2.05, 4.69) is 37.2 Å². The lowest BCUT2D eigenvalue weighted by Crippen LogP contribution is -2.45. The number of carbonyl (C=O) groups excluding carboxylic acids is 1. The van der Waals surface area contributed by atoms with Crippen molar-refractivity contribution < 1.29 is 9.18 Å². The van der Waals surface area contributed by atoms with Gasteiger partial charge in [0, 0.05) is 63.3 Å². The Kier molecular flexibility index (Phi) is 7.43. The Morgan fingerprint density at radius 3 is 2.85 bits per heavy atom. The van der Waals surface area contributed by atoms with Crippen LogP contribution in [0.3, 0.4) is 0 Å². The number of anilines is 2. The summed E-state index contributed by atoms with van der Waals surface area (Å²) < 4.78 is 18.0. The third-order valence-corrected chi connectivity index (χ3v) is 7.71. The second-order valence-electron chi connectivity index (χ2n) is 10.5. The fourth-order valence-electron chi connectivity index (χ4n) is 5.43. The number of hydrogen-bond donors (Lipinski definition) is 1. The number of likely N-dealkylation sites (N-methyl/N-ethyl adjacent to an activating group) is 1. The molecule has 1 atom stereocenters. The number of hydrogen-bond acceptors (Lipinski definition) is 9. The van der Waals surface area contributed by atoms with Crippen LogP contribution in [-0.2, 0) is 4.79 Å². The molecular weight excluding hydrogens is 523 g/mol. The molecule has 0 bridgehead atoms. The van der Waals surface area contributed by atoms with Gasteiger partial charge >= 0.3 is 0 Å². The van der Waals surface area contributed by atoms with Gasteiger partial charge in [0.25, 0.3) is 0 Å². The fourth-order valence-corrected chi connectivity index (χ4v) is 5.43. The number of nitrogens with zero attached hydrogens (tertiary/aromatic N) is 9. The minimum absolute atomic E-state index is 0.0674. The molecule has 12 heteroatoms. The molecule has 0 aromatic carbocycles. The number of piperidine rings is 1. The smallest absolute Gasteiger partial charge is 0.236 e. The van der Waals surface area contributed by atoms with Crippen molar-refractivity contribution in [1.29, 1.82) is 5.26 Å². The van der Waals surface area contributed by atoms with E-state index in [1.165, 1.54) is 0 Å². The first-order valence-electron chi connectivity index (χ1n) is 13.8. The maximum atomic E-state index is 16.3. The Morgan fingerprint density at radius 2 is 2.02 bits per heavy atom. The lowest BCUT2D eigenvalue weighted by atomic mass is 10.0. The first-order chi connectivity index (χ1) is 20.0. The summed E-state index contributed by atoms with van der Waals surface area (Å²) in [5, 5.41) is 16.6. The first-order valence-corrected chi connectivity index (χ1v) is 13.8. The third-order valence-electron chi connectivity index (χ3n) is 7.71. The van der Waals surface area contributed by atoms with Crippen molar-refractivity contribution in [2.24, 2.45) is 0 Å². The zero-order valence-electron chi connectivity index (χ0n) is 22.9. The standard InChI is InChI=1S/C29H31FN10O/c1-37-13-15-38(16-14-37)24-17-20(8-10-32-24)27-26(30)29(34-21-5-4-11-39(19-21)25(41)7-9-31)36-28(35-27)22-18-33-40-12-3-2-6-23(22)40/h2-3,6,8,10,12,17-18,21H,4-5,7,11,13-16,19H2,1H3,(H,34,35,36)/t21-/m1/s1. The predicted octanol–water partition coefficient (Wildman–Crippen LogP) is 3.06. The molecule has 2 aliphatic heterocycles. The van der Waals surface area contributed by atoms with Gasteiger partial charge in [0.15, 0.2) is 17.5 Å². The number of carbonyl (C=O) groups is 1. The van der Waals surface area contributed by atoms with Gasteiger partial charge < -0.3 is 20.0 Å². The highest BCUT2D eigenvalue weighted by molar-refractivity contribution is 5.79. The van der Waals surface area contributed by atoms with Gasteiger partial charge in [-0.3, -0.25) is 4.79 Å². The molecule has 41 heavy (non-hydrogen) atoms. The Bertz CT molecular complexity index is 1610.